The summed E-state index contributed by atoms with van der Waals surface area (Å²) in [6.45, 7) is 0.495. The number of piperidine rings is 1. The van der Waals surface area contributed by atoms with E-state index in [2.05, 4.69) is 5.32 Å². The lowest BCUT2D eigenvalue weighted by atomic mass is 10.0. The van der Waals surface area contributed by atoms with Crippen LogP contribution < -0.4 is 5.32 Å². The van der Waals surface area contributed by atoms with Crippen LogP contribution in [0.2, 0.25) is 10.0 Å². The number of nitrogens with zero attached hydrogens (tertiary/aromatic N) is 1. The molecule has 9 heteroatoms. The molecule has 0 bridgehead atoms. The largest absolute Gasteiger partial charge is 0.417 e. The zero-order chi connectivity index (χ0) is 21.2. The van der Waals surface area contributed by atoms with Gasteiger partial charge in [-0.1, -0.05) is 35.3 Å². The molecule has 1 aliphatic rings. The first-order valence-corrected chi connectivity index (χ1v) is 9.64. The molecule has 1 saturated heterocycles. The normalized spacial score (nSPS) is 15.3. The Balaban J connectivity index is 1.61. The topological polar surface area (TPSA) is 49.4 Å². The third-order valence-electron chi connectivity index (χ3n) is 4.76. The van der Waals surface area contributed by atoms with Crippen LogP contribution in [-0.4, -0.2) is 35.8 Å². The Kier molecular flexibility index (Phi) is 6.39. The van der Waals surface area contributed by atoms with E-state index in [0.29, 0.717) is 23.4 Å². The van der Waals surface area contributed by atoms with E-state index in [1.807, 2.05) is 0 Å². The third-order valence-corrected chi connectivity index (χ3v) is 5.50. The zero-order valence-electron chi connectivity index (χ0n) is 15.1. The van der Waals surface area contributed by atoms with Gasteiger partial charge in [0.25, 0.3) is 11.8 Å². The van der Waals surface area contributed by atoms with Crippen LogP contribution in [0.15, 0.2) is 42.5 Å². The van der Waals surface area contributed by atoms with Crippen LogP contribution in [0.4, 0.5) is 13.2 Å². The summed E-state index contributed by atoms with van der Waals surface area (Å²) in [4.78, 5) is 26.3. The highest BCUT2D eigenvalue weighted by Crippen LogP contribution is 2.32. The minimum Gasteiger partial charge on any atom is -0.349 e. The van der Waals surface area contributed by atoms with Crippen molar-refractivity contribution in [3.63, 3.8) is 0 Å². The van der Waals surface area contributed by atoms with Crippen molar-refractivity contribution in [3.05, 3.63) is 69.2 Å². The Morgan fingerprint density at radius 3 is 2.28 bits per heavy atom. The minimum atomic E-state index is -4.60. The van der Waals surface area contributed by atoms with Gasteiger partial charge in [-0.25, -0.2) is 0 Å². The fourth-order valence-electron chi connectivity index (χ4n) is 3.22. The summed E-state index contributed by atoms with van der Waals surface area (Å²) in [7, 11) is 0. The second-order valence-corrected chi connectivity index (χ2v) is 7.53. The monoisotopic (exact) mass is 444 g/mol. The molecule has 2 aromatic rings. The number of hydrogen-bond acceptors (Lipinski definition) is 2. The first-order valence-electron chi connectivity index (χ1n) is 8.88. The standard InChI is InChI=1S/C20H17Cl2F3N2O2/c21-16-6-5-12(11-17(16)22)18(28)26-13-7-9-27(10-8-13)19(29)14-3-1-2-4-15(14)20(23,24)25/h1-6,11,13H,7-10H2,(H,26,28). The van der Waals surface area contributed by atoms with Crippen LogP contribution in [0, 0.1) is 0 Å². The molecule has 0 aromatic heterocycles. The van der Waals surface area contributed by atoms with Gasteiger partial charge < -0.3 is 10.2 Å². The van der Waals surface area contributed by atoms with Gasteiger partial charge in [0.1, 0.15) is 0 Å². The summed E-state index contributed by atoms with van der Waals surface area (Å²) < 4.78 is 39.5. The van der Waals surface area contributed by atoms with E-state index in [0.717, 1.165) is 6.07 Å². The number of halogens is 5. The van der Waals surface area contributed by atoms with Crippen LogP contribution >= 0.6 is 23.2 Å². The molecule has 0 radical (unpaired) electrons. The number of carbonyl (C=O) groups excluding carboxylic acids is 2. The number of amides is 2. The maximum absolute atomic E-state index is 13.2. The van der Waals surface area contributed by atoms with Crippen LogP contribution in [0.5, 0.6) is 0 Å². The van der Waals surface area contributed by atoms with Crippen LogP contribution in [0.3, 0.4) is 0 Å². The van der Waals surface area contributed by atoms with Gasteiger partial charge in [-0.05, 0) is 43.2 Å². The van der Waals surface area contributed by atoms with Crippen molar-refractivity contribution in [2.24, 2.45) is 0 Å². The van der Waals surface area contributed by atoms with Crippen molar-refractivity contribution in [3.8, 4) is 0 Å². The van der Waals surface area contributed by atoms with Gasteiger partial charge in [0.05, 0.1) is 21.2 Å². The van der Waals surface area contributed by atoms with Crippen molar-refractivity contribution in [1.82, 2.24) is 10.2 Å². The molecule has 0 aliphatic carbocycles. The second-order valence-electron chi connectivity index (χ2n) is 6.71. The average Bonchev–Trinajstić information content (AvgIpc) is 2.69. The summed E-state index contributed by atoms with van der Waals surface area (Å²) >= 11 is 11.8. The summed E-state index contributed by atoms with van der Waals surface area (Å²) in [5.74, 6) is -0.983. The Labute approximate surface area is 175 Å². The number of benzene rings is 2. The highest BCUT2D eigenvalue weighted by molar-refractivity contribution is 6.42. The predicted octanol–water partition coefficient (Wildman–Crippen LogP) is 5.05. The summed E-state index contributed by atoms with van der Waals surface area (Å²) in [5.41, 5.74) is -0.949. The van der Waals surface area contributed by atoms with Gasteiger partial charge in [0.15, 0.2) is 0 Å². The van der Waals surface area contributed by atoms with E-state index in [-0.39, 0.29) is 35.6 Å². The van der Waals surface area contributed by atoms with Gasteiger partial charge in [-0.15, -0.1) is 0 Å². The second kappa shape index (κ2) is 8.63. The van der Waals surface area contributed by atoms with Crippen LogP contribution in [-0.2, 0) is 6.18 Å². The van der Waals surface area contributed by atoms with Crippen LogP contribution in [0.25, 0.3) is 0 Å². The molecule has 0 atom stereocenters. The molecule has 0 saturated carbocycles. The van der Waals surface area contributed by atoms with E-state index in [9.17, 15) is 22.8 Å². The number of rotatable bonds is 3. The Hall–Kier alpha value is -2.25. The van der Waals surface area contributed by atoms with E-state index >= 15 is 0 Å². The predicted molar refractivity (Wildman–Crippen MR) is 104 cm³/mol. The molecule has 2 aromatic carbocycles. The lowest BCUT2D eigenvalue weighted by molar-refractivity contribution is -0.138. The first kappa shape index (κ1) is 21.5. The Morgan fingerprint density at radius 1 is 1.00 bits per heavy atom. The highest BCUT2D eigenvalue weighted by atomic mass is 35.5. The quantitative estimate of drug-likeness (QED) is 0.720. The summed E-state index contributed by atoms with van der Waals surface area (Å²) in [6.07, 6.45) is -3.72. The number of likely N-dealkylation sites (tertiary alicyclic amines) is 1. The maximum Gasteiger partial charge on any atom is 0.417 e. The number of alkyl halides is 3. The third kappa shape index (κ3) is 5.03. The Bertz CT molecular complexity index is 926. The van der Waals surface area contributed by atoms with Crippen molar-refractivity contribution >= 4 is 35.0 Å². The molecule has 154 valence electrons. The lowest BCUT2D eigenvalue weighted by Gasteiger charge is -2.33. The number of nitrogens with one attached hydrogen (secondary N) is 1. The molecule has 3 rings (SSSR count). The molecule has 2 amide bonds. The van der Waals surface area contributed by atoms with Crippen LogP contribution in [0.1, 0.15) is 39.1 Å². The fourth-order valence-corrected chi connectivity index (χ4v) is 3.52. The molecular weight excluding hydrogens is 428 g/mol. The fraction of sp³-hybridized carbons (Fsp3) is 0.300. The summed E-state index contributed by atoms with van der Waals surface area (Å²) in [6, 6.07) is 9.09. The lowest BCUT2D eigenvalue weighted by Crippen LogP contribution is -2.46. The molecule has 0 spiro atoms. The van der Waals surface area contributed by atoms with E-state index < -0.39 is 17.6 Å². The van der Waals surface area contributed by atoms with Crippen molar-refractivity contribution in [1.29, 1.82) is 0 Å². The van der Waals surface area contributed by atoms with Crippen molar-refractivity contribution < 1.29 is 22.8 Å². The molecular formula is C20H17Cl2F3N2O2. The molecule has 4 nitrogen and oxygen atoms in total. The molecule has 1 aliphatic heterocycles. The summed E-state index contributed by atoms with van der Waals surface area (Å²) in [5, 5.41) is 3.47. The number of hydrogen-bond donors (Lipinski definition) is 1. The SMILES string of the molecule is O=C(NC1CCN(C(=O)c2ccccc2C(F)(F)F)CC1)c1ccc(Cl)c(Cl)c1. The van der Waals surface area contributed by atoms with Crippen molar-refractivity contribution in [2.45, 2.75) is 25.1 Å². The van der Waals surface area contributed by atoms with Gasteiger partial charge in [0, 0.05) is 24.7 Å². The van der Waals surface area contributed by atoms with Crippen molar-refractivity contribution in [2.75, 3.05) is 13.1 Å². The molecule has 1 heterocycles. The number of carbonyl (C=O) groups is 2. The molecule has 1 N–H and O–H groups in total. The van der Waals surface area contributed by atoms with Gasteiger partial charge in [-0.3, -0.25) is 9.59 Å². The molecule has 29 heavy (non-hydrogen) atoms. The van der Waals surface area contributed by atoms with E-state index in [1.54, 1.807) is 6.07 Å². The molecule has 1 fully saturated rings. The van der Waals surface area contributed by atoms with Gasteiger partial charge in [-0.2, -0.15) is 13.2 Å². The maximum atomic E-state index is 13.2. The molecule has 0 unspecified atom stereocenters. The van der Waals surface area contributed by atoms with E-state index in [4.69, 9.17) is 23.2 Å². The first-order chi connectivity index (χ1) is 13.7. The minimum absolute atomic E-state index is 0.195. The van der Waals surface area contributed by atoms with Gasteiger partial charge >= 0.3 is 6.18 Å². The smallest absolute Gasteiger partial charge is 0.349 e. The average molecular weight is 445 g/mol. The highest BCUT2D eigenvalue weighted by Gasteiger charge is 2.36. The van der Waals surface area contributed by atoms with Gasteiger partial charge in [0.2, 0.25) is 0 Å². The zero-order valence-corrected chi connectivity index (χ0v) is 16.6. The Morgan fingerprint density at radius 2 is 1.66 bits per heavy atom. The van der Waals surface area contributed by atoms with E-state index in [1.165, 1.54) is 35.2 Å².